The van der Waals surface area contributed by atoms with E-state index >= 15 is 0 Å². The van der Waals surface area contributed by atoms with Crippen LogP contribution in [0.15, 0.2) is 0 Å². The van der Waals surface area contributed by atoms with E-state index in [1.807, 2.05) is 6.92 Å². The Labute approximate surface area is 86.0 Å². The molecule has 1 N–H and O–H groups in total. The summed E-state index contributed by atoms with van der Waals surface area (Å²) < 4.78 is 0. The van der Waals surface area contributed by atoms with Crippen molar-refractivity contribution in [1.29, 1.82) is 0 Å². The zero-order chi connectivity index (χ0) is 10.7. The molecule has 0 atom stereocenters. The van der Waals surface area contributed by atoms with E-state index in [1.165, 1.54) is 0 Å². The third-order valence-electron chi connectivity index (χ3n) is 2.18. The van der Waals surface area contributed by atoms with Crippen LogP contribution in [0.25, 0.3) is 0 Å². The van der Waals surface area contributed by atoms with E-state index in [-0.39, 0.29) is 0 Å². The summed E-state index contributed by atoms with van der Waals surface area (Å²) in [5.74, 6) is 1.89. The van der Waals surface area contributed by atoms with Gasteiger partial charge in [-0.25, -0.2) is 9.97 Å². The molecular formula is C11H19N3. The molecule has 0 radical (unpaired) electrons. The van der Waals surface area contributed by atoms with Crippen molar-refractivity contribution < 1.29 is 0 Å². The van der Waals surface area contributed by atoms with E-state index < -0.39 is 0 Å². The summed E-state index contributed by atoms with van der Waals surface area (Å²) in [6, 6.07) is 0.410. The van der Waals surface area contributed by atoms with Crippen LogP contribution in [0, 0.1) is 13.8 Å². The van der Waals surface area contributed by atoms with E-state index in [9.17, 15) is 0 Å². The largest absolute Gasteiger partial charge is 0.368 e. The zero-order valence-corrected chi connectivity index (χ0v) is 9.68. The van der Waals surface area contributed by atoms with Gasteiger partial charge in [0, 0.05) is 23.7 Å². The molecular weight excluding hydrogens is 174 g/mol. The number of nitrogens with one attached hydrogen (secondary N) is 1. The van der Waals surface area contributed by atoms with Gasteiger partial charge in [0.25, 0.3) is 0 Å². The van der Waals surface area contributed by atoms with Crippen LogP contribution >= 0.6 is 0 Å². The molecule has 0 bridgehead atoms. The van der Waals surface area contributed by atoms with Crippen LogP contribution in [0.1, 0.15) is 37.9 Å². The third-order valence-corrected chi connectivity index (χ3v) is 2.18. The minimum atomic E-state index is 0.410. The molecule has 78 valence electrons. The number of rotatable bonds is 3. The normalized spacial score (nSPS) is 10.7. The van der Waals surface area contributed by atoms with Crippen molar-refractivity contribution in [3.8, 4) is 0 Å². The van der Waals surface area contributed by atoms with Crippen molar-refractivity contribution in [2.45, 2.75) is 47.1 Å². The Morgan fingerprint density at radius 2 is 1.86 bits per heavy atom. The van der Waals surface area contributed by atoms with Crippen LogP contribution in [0.5, 0.6) is 0 Å². The first-order valence-electron chi connectivity index (χ1n) is 5.15. The van der Waals surface area contributed by atoms with Crippen LogP contribution in [0.3, 0.4) is 0 Å². The Bertz CT molecular complexity index is 319. The molecule has 3 heteroatoms. The number of anilines is 1. The molecule has 0 aliphatic heterocycles. The van der Waals surface area contributed by atoms with Gasteiger partial charge in [0.05, 0.1) is 0 Å². The molecule has 0 spiro atoms. The molecule has 0 aliphatic carbocycles. The second-order valence-electron chi connectivity index (χ2n) is 3.85. The lowest BCUT2D eigenvalue weighted by Gasteiger charge is -2.13. The predicted molar refractivity (Wildman–Crippen MR) is 59.6 cm³/mol. The van der Waals surface area contributed by atoms with Gasteiger partial charge >= 0.3 is 0 Å². The summed E-state index contributed by atoms with van der Waals surface area (Å²) in [6.45, 7) is 10.4. The highest BCUT2D eigenvalue weighted by Gasteiger charge is 2.07. The summed E-state index contributed by atoms with van der Waals surface area (Å²) in [4.78, 5) is 8.88. The standard InChI is InChI=1S/C11H19N3/c1-6-10-13-9(5)8(4)11(14-10)12-7(2)3/h7H,6H2,1-5H3,(H,12,13,14). The van der Waals surface area contributed by atoms with Crippen molar-refractivity contribution in [3.63, 3.8) is 0 Å². The van der Waals surface area contributed by atoms with Gasteiger partial charge in [-0.2, -0.15) is 0 Å². The SMILES string of the molecule is CCc1nc(C)c(C)c(NC(C)C)n1. The number of aromatic nitrogens is 2. The summed E-state index contributed by atoms with van der Waals surface area (Å²) in [6.07, 6.45) is 0.883. The van der Waals surface area contributed by atoms with Crippen LogP contribution in [-0.2, 0) is 6.42 Å². The number of hydrogen-bond acceptors (Lipinski definition) is 3. The number of aryl methyl sites for hydroxylation is 2. The maximum atomic E-state index is 4.47. The molecule has 0 aromatic carbocycles. The first-order chi connectivity index (χ1) is 6.54. The quantitative estimate of drug-likeness (QED) is 0.801. The lowest BCUT2D eigenvalue weighted by atomic mass is 10.2. The predicted octanol–water partition coefficient (Wildman–Crippen LogP) is 2.48. The fourth-order valence-electron chi connectivity index (χ4n) is 1.26. The average molecular weight is 193 g/mol. The van der Waals surface area contributed by atoms with E-state index in [4.69, 9.17) is 0 Å². The minimum Gasteiger partial charge on any atom is -0.368 e. The number of nitrogens with zero attached hydrogens (tertiary/aromatic N) is 2. The molecule has 14 heavy (non-hydrogen) atoms. The van der Waals surface area contributed by atoms with Gasteiger partial charge in [0.2, 0.25) is 0 Å². The van der Waals surface area contributed by atoms with Gasteiger partial charge in [0.15, 0.2) is 0 Å². The fraction of sp³-hybridized carbons (Fsp3) is 0.636. The maximum absolute atomic E-state index is 4.47. The molecule has 1 heterocycles. The van der Waals surface area contributed by atoms with Gasteiger partial charge in [-0.15, -0.1) is 0 Å². The number of hydrogen-bond donors (Lipinski definition) is 1. The van der Waals surface area contributed by atoms with Crippen molar-refractivity contribution in [1.82, 2.24) is 9.97 Å². The van der Waals surface area contributed by atoms with Crippen LogP contribution in [0.2, 0.25) is 0 Å². The average Bonchev–Trinajstić information content (AvgIpc) is 2.11. The van der Waals surface area contributed by atoms with Gasteiger partial charge in [-0.3, -0.25) is 0 Å². The highest BCUT2D eigenvalue weighted by molar-refractivity contribution is 5.45. The molecule has 0 fully saturated rings. The molecule has 0 saturated carbocycles. The molecule has 0 unspecified atom stereocenters. The van der Waals surface area contributed by atoms with Crippen molar-refractivity contribution in [2.75, 3.05) is 5.32 Å². The third kappa shape index (κ3) is 2.44. The fourth-order valence-corrected chi connectivity index (χ4v) is 1.26. The van der Waals surface area contributed by atoms with Gasteiger partial charge < -0.3 is 5.32 Å². The van der Waals surface area contributed by atoms with Crippen LogP contribution in [0.4, 0.5) is 5.82 Å². The lowest BCUT2D eigenvalue weighted by Crippen LogP contribution is -2.14. The summed E-state index contributed by atoms with van der Waals surface area (Å²) in [5.41, 5.74) is 2.22. The van der Waals surface area contributed by atoms with Gasteiger partial charge in [-0.05, 0) is 27.7 Å². The Morgan fingerprint density at radius 1 is 1.21 bits per heavy atom. The smallest absolute Gasteiger partial charge is 0.133 e. The summed E-state index contributed by atoms with van der Waals surface area (Å²) in [5, 5.41) is 3.34. The van der Waals surface area contributed by atoms with Crippen molar-refractivity contribution >= 4 is 5.82 Å². The maximum Gasteiger partial charge on any atom is 0.133 e. The first kappa shape index (κ1) is 11.0. The second kappa shape index (κ2) is 4.40. The van der Waals surface area contributed by atoms with Crippen molar-refractivity contribution in [2.24, 2.45) is 0 Å². The van der Waals surface area contributed by atoms with E-state index in [0.717, 1.165) is 29.3 Å². The Hall–Kier alpha value is -1.12. The monoisotopic (exact) mass is 193 g/mol. The Kier molecular flexibility index (Phi) is 3.44. The second-order valence-corrected chi connectivity index (χ2v) is 3.85. The van der Waals surface area contributed by atoms with Crippen molar-refractivity contribution in [3.05, 3.63) is 17.1 Å². The Balaban J connectivity index is 3.07. The highest BCUT2D eigenvalue weighted by Crippen LogP contribution is 2.15. The van der Waals surface area contributed by atoms with E-state index in [2.05, 4.69) is 43.0 Å². The molecule has 1 aromatic rings. The topological polar surface area (TPSA) is 37.8 Å². The molecule has 3 nitrogen and oxygen atoms in total. The zero-order valence-electron chi connectivity index (χ0n) is 9.68. The minimum absolute atomic E-state index is 0.410. The summed E-state index contributed by atoms with van der Waals surface area (Å²) >= 11 is 0. The molecule has 0 aliphatic rings. The van der Waals surface area contributed by atoms with E-state index in [0.29, 0.717) is 6.04 Å². The lowest BCUT2D eigenvalue weighted by molar-refractivity contribution is 0.852. The highest BCUT2D eigenvalue weighted by atomic mass is 15.0. The summed E-state index contributed by atoms with van der Waals surface area (Å²) in [7, 11) is 0. The molecule has 1 aromatic heterocycles. The van der Waals surface area contributed by atoms with Crippen LogP contribution < -0.4 is 5.32 Å². The van der Waals surface area contributed by atoms with Crippen LogP contribution in [-0.4, -0.2) is 16.0 Å². The molecule has 1 rings (SSSR count). The molecule has 0 saturated heterocycles. The molecule has 0 amide bonds. The first-order valence-corrected chi connectivity index (χ1v) is 5.15. The van der Waals surface area contributed by atoms with Gasteiger partial charge in [0.1, 0.15) is 11.6 Å². The Morgan fingerprint density at radius 3 is 2.36 bits per heavy atom. The van der Waals surface area contributed by atoms with E-state index in [1.54, 1.807) is 0 Å². The van der Waals surface area contributed by atoms with Gasteiger partial charge in [-0.1, -0.05) is 6.92 Å².